The van der Waals surface area contributed by atoms with Gasteiger partial charge in [-0.2, -0.15) is 9.97 Å². The summed E-state index contributed by atoms with van der Waals surface area (Å²) in [6, 6.07) is 12.6. The first-order valence-corrected chi connectivity index (χ1v) is 14.1. The quantitative estimate of drug-likeness (QED) is 0.342. The first-order valence-electron chi connectivity index (χ1n) is 14.1. The summed E-state index contributed by atoms with van der Waals surface area (Å²) < 4.78 is 6.33. The van der Waals surface area contributed by atoms with E-state index >= 15 is 0 Å². The van der Waals surface area contributed by atoms with Gasteiger partial charge in [-0.1, -0.05) is 18.1 Å². The van der Waals surface area contributed by atoms with Gasteiger partial charge in [0.2, 0.25) is 0 Å². The van der Waals surface area contributed by atoms with Crippen LogP contribution in [0.1, 0.15) is 31.2 Å². The van der Waals surface area contributed by atoms with Crippen molar-refractivity contribution in [2.45, 2.75) is 37.8 Å². The van der Waals surface area contributed by atoms with E-state index in [1.165, 1.54) is 12.8 Å². The molecule has 2 aromatic heterocycles. The Morgan fingerprint density at radius 2 is 1.95 bits per heavy atom. The number of benzene rings is 2. The van der Waals surface area contributed by atoms with Gasteiger partial charge in [-0.3, -0.25) is 4.98 Å². The molecule has 0 radical (unpaired) electrons. The van der Waals surface area contributed by atoms with Crippen molar-refractivity contribution in [1.29, 1.82) is 0 Å². The molecule has 1 aliphatic carbocycles. The third-order valence-corrected chi connectivity index (χ3v) is 8.56. The summed E-state index contributed by atoms with van der Waals surface area (Å²) in [4.78, 5) is 19.3. The smallest absolute Gasteiger partial charge is 0.319 e. The molecule has 3 aliphatic rings. The zero-order valence-electron chi connectivity index (χ0n) is 23.0. The molecule has 2 atom stereocenters. The van der Waals surface area contributed by atoms with Crippen molar-refractivity contribution < 1.29 is 9.84 Å². The fourth-order valence-corrected chi connectivity index (χ4v) is 6.56. The Balaban J connectivity index is 1.33. The first-order chi connectivity index (χ1) is 19.4. The summed E-state index contributed by atoms with van der Waals surface area (Å²) in [5.74, 6) is 3.80. The summed E-state index contributed by atoms with van der Waals surface area (Å²) in [7, 11) is 4.21. The van der Waals surface area contributed by atoms with E-state index in [0.29, 0.717) is 24.7 Å². The third kappa shape index (κ3) is 4.59. The number of rotatable bonds is 7. The molecular weight excluding hydrogens is 500 g/mol. The van der Waals surface area contributed by atoms with Crippen LogP contribution in [0.3, 0.4) is 0 Å². The molecule has 204 valence electrons. The summed E-state index contributed by atoms with van der Waals surface area (Å²) in [5, 5.41) is 16.0. The average molecular weight is 535 g/mol. The Bertz CT molecular complexity index is 1650. The fraction of sp³-hybridized carbons (Fsp3) is 0.406. The number of fused-ring (bicyclic) bond motifs is 4. The highest BCUT2D eigenvalue weighted by Crippen LogP contribution is 2.46. The number of hydrogen-bond acceptors (Lipinski definition) is 8. The number of nitrogens with one attached hydrogen (secondary N) is 1. The summed E-state index contributed by atoms with van der Waals surface area (Å²) in [6.45, 7) is 3.36. The van der Waals surface area contributed by atoms with Gasteiger partial charge in [0.15, 0.2) is 5.82 Å². The van der Waals surface area contributed by atoms with Crippen molar-refractivity contribution in [3.8, 4) is 35.2 Å². The maximum atomic E-state index is 10.5. The second-order valence-corrected chi connectivity index (χ2v) is 12.0. The van der Waals surface area contributed by atoms with Gasteiger partial charge in [-0.05, 0) is 75.0 Å². The van der Waals surface area contributed by atoms with Gasteiger partial charge in [0.25, 0.3) is 0 Å². The highest BCUT2D eigenvalue weighted by molar-refractivity contribution is 6.02. The zero-order chi connectivity index (χ0) is 27.4. The number of anilines is 1. The molecule has 1 saturated carbocycles. The van der Waals surface area contributed by atoms with Crippen molar-refractivity contribution >= 4 is 27.6 Å². The minimum absolute atomic E-state index is 0.169. The molecule has 7 rings (SSSR count). The average Bonchev–Trinajstić information content (AvgIpc) is 3.63. The molecule has 0 spiro atoms. The monoisotopic (exact) mass is 534 g/mol. The molecule has 2 saturated heterocycles. The number of nitrogens with zero attached hydrogens (tertiary/aromatic N) is 5. The Morgan fingerprint density at radius 3 is 2.67 bits per heavy atom. The van der Waals surface area contributed by atoms with Gasteiger partial charge in [0.05, 0.1) is 12.1 Å². The van der Waals surface area contributed by atoms with Crippen LogP contribution in [0.4, 0.5) is 5.82 Å². The molecule has 2 unspecified atom stereocenters. The molecule has 2 aliphatic heterocycles. The van der Waals surface area contributed by atoms with E-state index in [1.54, 1.807) is 12.1 Å². The predicted octanol–water partition coefficient (Wildman–Crippen LogP) is 4.19. The fourth-order valence-electron chi connectivity index (χ4n) is 6.56. The van der Waals surface area contributed by atoms with Crippen LogP contribution in [0.15, 0.2) is 42.6 Å². The van der Waals surface area contributed by atoms with Crippen molar-refractivity contribution in [3.63, 3.8) is 0 Å². The van der Waals surface area contributed by atoms with Crippen LogP contribution in [0.25, 0.3) is 32.9 Å². The number of aromatic hydroxyl groups is 1. The SMILES string of the molecule is C#Cc1cccc2cc(O)cc(-c3cnc4c(N5CC6CCC(C5)N6)nc(OCC5(CN(C)C)CC5)nc4c3)c12. The van der Waals surface area contributed by atoms with Crippen molar-refractivity contribution in [1.82, 2.24) is 25.2 Å². The van der Waals surface area contributed by atoms with E-state index in [4.69, 9.17) is 26.1 Å². The number of phenols is 1. The Kier molecular flexibility index (Phi) is 6.02. The number of hydrogen-bond donors (Lipinski definition) is 2. The largest absolute Gasteiger partial charge is 0.508 e. The number of phenolic OH excluding ortho intramolecular Hbond substituents is 1. The number of terminal acetylenes is 1. The molecular formula is C32H34N6O2. The molecule has 2 aromatic carbocycles. The number of aromatic nitrogens is 3. The zero-order valence-corrected chi connectivity index (χ0v) is 23.0. The van der Waals surface area contributed by atoms with Crippen LogP contribution in [-0.4, -0.2) is 77.4 Å². The first kappa shape index (κ1) is 25.1. The molecule has 8 heteroatoms. The van der Waals surface area contributed by atoms with Gasteiger partial charge in [0.1, 0.15) is 11.3 Å². The number of piperazine rings is 1. The third-order valence-electron chi connectivity index (χ3n) is 8.56. The van der Waals surface area contributed by atoms with E-state index in [9.17, 15) is 5.11 Å². The Hall–Kier alpha value is -3.93. The summed E-state index contributed by atoms with van der Waals surface area (Å²) in [6.07, 6.45) is 12.4. The van der Waals surface area contributed by atoms with Crippen LogP contribution in [0, 0.1) is 17.8 Å². The molecule has 0 amide bonds. The predicted molar refractivity (Wildman–Crippen MR) is 158 cm³/mol. The maximum absolute atomic E-state index is 10.5. The lowest BCUT2D eigenvalue weighted by Gasteiger charge is -2.34. The normalized spacial score (nSPS) is 21.2. The Labute approximate surface area is 234 Å². The number of ether oxygens (including phenoxy) is 1. The lowest BCUT2D eigenvalue weighted by Crippen LogP contribution is -2.51. The van der Waals surface area contributed by atoms with Gasteiger partial charge < -0.3 is 25.0 Å². The van der Waals surface area contributed by atoms with E-state index < -0.39 is 0 Å². The van der Waals surface area contributed by atoms with Gasteiger partial charge in [0, 0.05) is 59.8 Å². The lowest BCUT2D eigenvalue weighted by molar-refractivity contribution is 0.183. The minimum Gasteiger partial charge on any atom is -0.508 e. The van der Waals surface area contributed by atoms with E-state index in [-0.39, 0.29) is 11.2 Å². The topological polar surface area (TPSA) is 86.6 Å². The van der Waals surface area contributed by atoms with E-state index in [0.717, 1.165) is 76.8 Å². The summed E-state index contributed by atoms with van der Waals surface area (Å²) in [5.41, 5.74) is 4.07. The number of pyridine rings is 1. The maximum Gasteiger partial charge on any atom is 0.319 e. The Morgan fingerprint density at radius 1 is 1.15 bits per heavy atom. The van der Waals surface area contributed by atoms with Crippen molar-refractivity contribution in [2.75, 3.05) is 45.2 Å². The summed E-state index contributed by atoms with van der Waals surface area (Å²) >= 11 is 0. The second kappa shape index (κ2) is 9.61. The standard InChI is InChI=1S/C32H34N6O2/c1-4-20-6-5-7-21-12-25(39)14-26(28(20)21)22-13-27-29(33-15-22)30(38-16-23-8-9-24(17-38)34-23)36-31(35-27)40-19-32(10-11-32)18-37(2)3/h1,5-7,12-15,23-24,34,39H,8-11,16-19H2,2-3H3. The van der Waals surface area contributed by atoms with Crippen LogP contribution < -0.4 is 15.0 Å². The molecule has 2 bridgehead atoms. The molecule has 40 heavy (non-hydrogen) atoms. The lowest BCUT2D eigenvalue weighted by atomic mass is 9.95. The highest BCUT2D eigenvalue weighted by atomic mass is 16.5. The second-order valence-electron chi connectivity index (χ2n) is 12.0. The van der Waals surface area contributed by atoms with Crippen LogP contribution in [-0.2, 0) is 0 Å². The molecule has 2 N–H and O–H groups in total. The van der Waals surface area contributed by atoms with Crippen molar-refractivity contribution in [3.05, 3.63) is 48.2 Å². The molecule has 3 fully saturated rings. The van der Waals surface area contributed by atoms with Crippen LogP contribution >= 0.6 is 0 Å². The minimum atomic E-state index is 0.169. The molecule has 4 heterocycles. The van der Waals surface area contributed by atoms with Gasteiger partial charge in [-0.25, -0.2) is 0 Å². The van der Waals surface area contributed by atoms with Gasteiger partial charge >= 0.3 is 6.01 Å². The molecule has 8 nitrogen and oxygen atoms in total. The van der Waals surface area contributed by atoms with Gasteiger partial charge in [-0.15, -0.1) is 6.42 Å². The van der Waals surface area contributed by atoms with Crippen molar-refractivity contribution in [2.24, 2.45) is 5.41 Å². The van der Waals surface area contributed by atoms with E-state index in [1.807, 2.05) is 30.5 Å². The highest BCUT2D eigenvalue weighted by Gasteiger charge is 2.44. The van der Waals surface area contributed by atoms with Crippen LogP contribution in [0.5, 0.6) is 11.8 Å². The molecule has 4 aromatic rings. The van der Waals surface area contributed by atoms with Crippen LogP contribution in [0.2, 0.25) is 0 Å². The van der Waals surface area contributed by atoms with E-state index in [2.05, 4.69) is 35.1 Å².